The second-order valence-electron chi connectivity index (χ2n) is 7.46. The summed E-state index contributed by atoms with van der Waals surface area (Å²) in [5.74, 6) is -0.458. The number of aliphatic hydroxyl groups is 2. The lowest BCUT2D eigenvalue weighted by molar-refractivity contribution is -0.138. The first-order valence-electron chi connectivity index (χ1n) is 10.00. The van der Waals surface area contributed by atoms with Gasteiger partial charge in [0, 0.05) is 10.4 Å². The van der Waals surface area contributed by atoms with E-state index < -0.39 is 23.7 Å². The summed E-state index contributed by atoms with van der Waals surface area (Å²) >= 11 is 6.84. The number of halogens is 4. The number of alkyl halides is 3. The molecular weight excluding hydrogens is 493 g/mol. The third-order valence-corrected chi connectivity index (χ3v) is 6.20. The van der Waals surface area contributed by atoms with Crippen LogP contribution in [0, 0.1) is 0 Å². The molecule has 1 aliphatic heterocycles. The van der Waals surface area contributed by atoms with E-state index in [4.69, 9.17) is 21.8 Å². The second kappa shape index (κ2) is 9.79. The molecule has 1 amide bonds. The van der Waals surface area contributed by atoms with Crippen LogP contribution < -0.4 is 5.32 Å². The van der Waals surface area contributed by atoms with Crippen molar-refractivity contribution in [1.29, 1.82) is 0 Å². The van der Waals surface area contributed by atoms with Crippen LogP contribution >= 0.6 is 23.4 Å². The fourth-order valence-electron chi connectivity index (χ4n) is 3.38. The minimum absolute atomic E-state index is 0.00369. The highest BCUT2D eigenvalue weighted by Crippen LogP contribution is 2.34. The molecular formula is C22H18ClF3N4O3S. The predicted octanol–water partition coefficient (Wildman–Crippen LogP) is 3.67. The number of carbonyl (C=O) groups excluding carboxylic acids is 1. The van der Waals surface area contributed by atoms with Crippen LogP contribution in [0.2, 0.25) is 5.02 Å². The predicted molar refractivity (Wildman–Crippen MR) is 124 cm³/mol. The van der Waals surface area contributed by atoms with Gasteiger partial charge in [-0.25, -0.2) is 0 Å². The van der Waals surface area contributed by atoms with Gasteiger partial charge in [-0.15, -0.1) is 0 Å². The largest absolute Gasteiger partial charge is 0.416 e. The first-order chi connectivity index (χ1) is 16.2. The van der Waals surface area contributed by atoms with Crippen LogP contribution in [0.3, 0.4) is 0 Å². The number of rotatable bonds is 6. The highest BCUT2D eigenvalue weighted by atomic mass is 35.5. The molecule has 0 unspecified atom stereocenters. The van der Waals surface area contributed by atoms with Crippen LogP contribution in [-0.2, 0) is 17.5 Å². The Bertz CT molecular complexity index is 1300. The number of aromatic nitrogens is 2. The zero-order valence-corrected chi connectivity index (χ0v) is 19.0. The second-order valence-corrected chi connectivity index (χ2v) is 8.93. The fraction of sp³-hybridized carbons (Fsp3) is 0.227. The molecule has 3 N–H and O–H groups in total. The average molecular weight is 511 g/mol. The quantitative estimate of drug-likeness (QED) is 0.438. The zero-order chi connectivity index (χ0) is 24.5. The van der Waals surface area contributed by atoms with Crippen molar-refractivity contribution in [3.63, 3.8) is 0 Å². The van der Waals surface area contributed by atoms with Gasteiger partial charge < -0.3 is 15.5 Å². The maximum Gasteiger partial charge on any atom is 0.416 e. The van der Waals surface area contributed by atoms with Gasteiger partial charge in [0.2, 0.25) is 0 Å². The maximum absolute atomic E-state index is 13.4. The van der Waals surface area contributed by atoms with Gasteiger partial charge in [-0.2, -0.15) is 23.3 Å². The van der Waals surface area contributed by atoms with Crippen LogP contribution in [0.15, 0.2) is 52.5 Å². The lowest BCUT2D eigenvalue weighted by Crippen LogP contribution is -2.38. The van der Waals surface area contributed by atoms with E-state index in [1.54, 1.807) is 30.5 Å². The molecule has 0 saturated heterocycles. The summed E-state index contributed by atoms with van der Waals surface area (Å²) in [4.78, 5) is 16.4. The number of hydrogen-bond acceptors (Lipinski definition) is 6. The maximum atomic E-state index is 13.4. The lowest BCUT2D eigenvalue weighted by atomic mass is 10.1. The van der Waals surface area contributed by atoms with Gasteiger partial charge >= 0.3 is 6.18 Å². The van der Waals surface area contributed by atoms with E-state index in [0.717, 1.165) is 17.8 Å². The standard InChI is InChI=1S/C22H18ClF3N4O3S/c23-15-3-2-13(17(7-15)22(24,25)26)9-30-18-4-1-12(5-14(18)8-27-30)6-19-20(33)29-21(34-19)28-16(10-31)11-32/h1-8,16,31-32H,9-11H2,(H,28,29,33). The number of aliphatic imine (C=N–C) groups is 1. The van der Waals surface area contributed by atoms with Crippen LogP contribution in [-0.4, -0.2) is 50.3 Å². The summed E-state index contributed by atoms with van der Waals surface area (Å²) in [5, 5.41) is 26.3. The van der Waals surface area contributed by atoms with Gasteiger partial charge in [-0.3, -0.25) is 9.48 Å². The number of benzene rings is 2. The number of aliphatic hydroxyl groups excluding tert-OH is 2. The van der Waals surface area contributed by atoms with Gasteiger partial charge in [0.25, 0.3) is 5.91 Å². The van der Waals surface area contributed by atoms with Crippen molar-refractivity contribution in [3.8, 4) is 0 Å². The Morgan fingerprint density at radius 3 is 2.65 bits per heavy atom. The van der Waals surface area contributed by atoms with Crippen molar-refractivity contribution >= 4 is 51.4 Å². The first kappa shape index (κ1) is 24.3. The van der Waals surface area contributed by atoms with E-state index in [-0.39, 0.29) is 35.5 Å². The Labute approximate surface area is 200 Å². The number of hydrogen-bond donors (Lipinski definition) is 3. The molecule has 3 aromatic rings. The molecule has 7 nitrogen and oxygen atoms in total. The van der Waals surface area contributed by atoms with Gasteiger partial charge in [0.15, 0.2) is 5.17 Å². The Kier molecular flexibility index (Phi) is 6.99. The lowest BCUT2D eigenvalue weighted by Gasteiger charge is -2.14. The number of nitrogens with zero attached hydrogens (tertiary/aromatic N) is 3. The summed E-state index contributed by atoms with van der Waals surface area (Å²) in [6.45, 7) is -0.723. The van der Waals surface area contributed by atoms with Gasteiger partial charge in [0.05, 0.1) is 48.0 Å². The summed E-state index contributed by atoms with van der Waals surface area (Å²) in [5.41, 5.74) is 0.545. The fourth-order valence-corrected chi connectivity index (χ4v) is 4.44. The zero-order valence-electron chi connectivity index (χ0n) is 17.4. The molecule has 4 rings (SSSR count). The van der Waals surface area contributed by atoms with E-state index in [0.29, 0.717) is 21.4 Å². The van der Waals surface area contributed by atoms with E-state index >= 15 is 0 Å². The summed E-state index contributed by atoms with van der Waals surface area (Å²) < 4.78 is 41.7. The SMILES string of the molecule is O=C1N=C(NC(CO)CO)SC1=Cc1ccc2c(cnn2Cc2ccc(Cl)cc2C(F)(F)F)c1. The minimum Gasteiger partial charge on any atom is -0.394 e. The molecule has 178 valence electrons. The number of thioether (sulfide) groups is 1. The summed E-state index contributed by atoms with van der Waals surface area (Å²) in [7, 11) is 0. The third kappa shape index (κ3) is 5.27. The monoisotopic (exact) mass is 510 g/mol. The van der Waals surface area contributed by atoms with Crippen molar-refractivity contribution in [2.75, 3.05) is 13.2 Å². The average Bonchev–Trinajstić information content (AvgIpc) is 3.35. The minimum atomic E-state index is -4.54. The summed E-state index contributed by atoms with van der Waals surface area (Å²) in [6, 6.07) is 8.23. The molecule has 12 heteroatoms. The number of carbonyl (C=O) groups is 1. The Morgan fingerprint density at radius 2 is 1.94 bits per heavy atom. The van der Waals surface area contributed by atoms with Crippen LogP contribution in [0.1, 0.15) is 16.7 Å². The van der Waals surface area contributed by atoms with Crippen molar-refractivity contribution in [1.82, 2.24) is 15.1 Å². The van der Waals surface area contributed by atoms with Gasteiger partial charge in [0.1, 0.15) is 0 Å². The van der Waals surface area contributed by atoms with E-state index in [2.05, 4.69) is 15.4 Å². The molecule has 0 aliphatic carbocycles. The molecule has 2 aromatic carbocycles. The Balaban J connectivity index is 1.56. The number of fused-ring (bicyclic) bond motifs is 1. The van der Waals surface area contributed by atoms with E-state index in [9.17, 15) is 18.0 Å². The van der Waals surface area contributed by atoms with Crippen LogP contribution in [0.4, 0.5) is 13.2 Å². The molecule has 0 radical (unpaired) electrons. The van der Waals surface area contributed by atoms with Gasteiger partial charge in [-0.1, -0.05) is 23.7 Å². The van der Waals surface area contributed by atoms with E-state index in [1.165, 1.54) is 16.8 Å². The topological polar surface area (TPSA) is 99.7 Å². The Morgan fingerprint density at radius 1 is 1.18 bits per heavy atom. The third-order valence-electron chi connectivity index (χ3n) is 5.05. The number of nitrogens with one attached hydrogen (secondary N) is 1. The Hall–Kier alpha value is -2.86. The van der Waals surface area contributed by atoms with Crippen molar-refractivity contribution in [2.24, 2.45) is 4.99 Å². The van der Waals surface area contributed by atoms with E-state index in [1.807, 2.05) is 0 Å². The molecule has 0 atom stereocenters. The molecule has 0 saturated carbocycles. The van der Waals surface area contributed by atoms with Crippen molar-refractivity contribution < 1.29 is 28.2 Å². The highest BCUT2D eigenvalue weighted by Gasteiger charge is 2.33. The molecule has 34 heavy (non-hydrogen) atoms. The van der Waals surface area contributed by atoms with Crippen LogP contribution in [0.5, 0.6) is 0 Å². The normalized spacial score (nSPS) is 15.6. The summed E-state index contributed by atoms with van der Waals surface area (Å²) in [6.07, 6.45) is -1.37. The molecule has 2 heterocycles. The van der Waals surface area contributed by atoms with Crippen LogP contribution in [0.25, 0.3) is 17.0 Å². The molecule has 1 aromatic heterocycles. The van der Waals surface area contributed by atoms with Gasteiger partial charge in [-0.05, 0) is 53.2 Å². The molecule has 1 aliphatic rings. The molecule has 0 bridgehead atoms. The first-order valence-corrected chi connectivity index (χ1v) is 11.2. The van der Waals surface area contributed by atoms with Crippen molar-refractivity contribution in [2.45, 2.75) is 18.8 Å². The number of amidine groups is 1. The number of amides is 1. The smallest absolute Gasteiger partial charge is 0.394 e. The van der Waals surface area contributed by atoms with Crippen molar-refractivity contribution in [3.05, 3.63) is 69.2 Å². The molecule has 0 spiro atoms. The highest BCUT2D eigenvalue weighted by molar-refractivity contribution is 8.18. The molecule has 0 fully saturated rings.